The van der Waals surface area contributed by atoms with Crippen LogP contribution in [0.3, 0.4) is 0 Å². The van der Waals surface area contributed by atoms with Crippen molar-refractivity contribution in [3.05, 3.63) is 0 Å². The van der Waals surface area contributed by atoms with Crippen LogP contribution in [-0.2, 0) is 4.79 Å². The molecule has 0 aromatic carbocycles. The van der Waals surface area contributed by atoms with Crippen molar-refractivity contribution >= 4 is 5.78 Å². The van der Waals surface area contributed by atoms with Gasteiger partial charge in [0.05, 0.1) is 0 Å². The Balaban J connectivity index is 0. The number of carbonyl (C=O) groups excluding carboxylic acids is 1. The van der Waals surface area contributed by atoms with Gasteiger partial charge < -0.3 is 0 Å². The van der Waals surface area contributed by atoms with E-state index in [1.807, 2.05) is 0 Å². The summed E-state index contributed by atoms with van der Waals surface area (Å²) in [5, 5.41) is 0. The van der Waals surface area contributed by atoms with Crippen molar-refractivity contribution in [1.29, 1.82) is 0 Å². The highest BCUT2D eigenvalue weighted by Crippen LogP contribution is 1.89. The van der Waals surface area contributed by atoms with E-state index >= 15 is 0 Å². The van der Waals surface area contributed by atoms with Crippen molar-refractivity contribution in [2.75, 3.05) is 0 Å². The molecule has 0 aliphatic heterocycles. The van der Waals surface area contributed by atoms with Crippen molar-refractivity contribution in [2.45, 2.75) is 28.2 Å². The van der Waals surface area contributed by atoms with Crippen molar-refractivity contribution in [1.82, 2.24) is 0 Å². The summed E-state index contributed by atoms with van der Waals surface area (Å²) in [7, 11) is 0. The maximum Gasteiger partial charge on any atom is 0.132 e. The molecule has 0 bridgehead atoms. The Labute approximate surface area is 47.1 Å². The number of hydrogen-bond acceptors (Lipinski definition) is 1. The molecular weight excluding hydrogens is 88.1 g/mol. The molecule has 0 amide bonds. The van der Waals surface area contributed by atoms with Gasteiger partial charge in [-0.25, -0.2) is 0 Å². The maximum absolute atomic E-state index is 10.3. The van der Waals surface area contributed by atoms with Gasteiger partial charge in [-0.05, 0) is 6.92 Å². The quantitative estimate of drug-likeness (QED) is 0.495. The number of Topliss-reactive ketones (excluding diaryl/α,β-unsaturated/α-hetero) is 1. The molecule has 0 aromatic rings. The smallest absolute Gasteiger partial charge is 0.132 e. The van der Waals surface area contributed by atoms with Gasteiger partial charge in [0.1, 0.15) is 5.78 Å². The Bertz CT molecular complexity index is 81.0. The molecule has 0 aromatic heterocycles. The molecule has 0 spiro atoms. The van der Waals surface area contributed by atoms with Gasteiger partial charge in [-0.15, -0.1) is 0 Å². The molecule has 0 rings (SSSR count). The minimum Gasteiger partial charge on any atom is -0.300 e. The number of hydrogen-bond donors (Lipinski definition) is 0. The fraction of sp³-hybridized carbons (Fsp3) is 0.833. The largest absolute Gasteiger partial charge is 0.300 e. The SMILES string of the molecule is C.[2H]C(C)(C)C(C)=O. The Morgan fingerprint density at radius 1 is 1.71 bits per heavy atom. The second-order valence-electron chi connectivity index (χ2n) is 1.56. The second kappa shape index (κ2) is 3.85. The van der Waals surface area contributed by atoms with E-state index in [4.69, 9.17) is 1.37 Å². The van der Waals surface area contributed by atoms with Crippen LogP contribution in [0.2, 0.25) is 0 Å². The van der Waals surface area contributed by atoms with Crippen LogP contribution in [0.4, 0.5) is 0 Å². The summed E-state index contributed by atoms with van der Waals surface area (Å²) in [6.45, 7) is 4.58. The average Bonchev–Trinajstić information content (AvgIpc) is 1.31. The Morgan fingerprint density at radius 2 is 1.86 bits per heavy atom. The molecule has 0 heterocycles. The van der Waals surface area contributed by atoms with Gasteiger partial charge in [0, 0.05) is 7.26 Å². The van der Waals surface area contributed by atoms with Crippen LogP contribution in [-0.4, -0.2) is 5.78 Å². The fourth-order valence-corrected chi connectivity index (χ4v) is 0. The summed E-state index contributed by atoms with van der Waals surface area (Å²) in [5.74, 6) is -0.979. The minimum atomic E-state index is -0.889. The zero-order valence-corrected chi connectivity index (χ0v) is 4.41. The average molecular weight is 103 g/mol. The normalized spacial score (nSPS) is 11.6. The molecular formula is C6H14O. The maximum atomic E-state index is 10.3. The molecule has 0 aliphatic carbocycles. The summed E-state index contributed by atoms with van der Waals surface area (Å²) in [6.07, 6.45) is 0. The minimum absolute atomic E-state index is 0. The first-order valence-corrected chi connectivity index (χ1v) is 1.95. The summed E-state index contributed by atoms with van der Waals surface area (Å²) in [6, 6.07) is 0. The third kappa shape index (κ3) is 5.67. The van der Waals surface area contributed by atoms with Gasteiger partial charge in [0.15, 0.2) is 0 Å². The van der Waals surface area contributed by atoms with Crippen LogP contribution >= 0.6 is 0 Å². The highest BCUT2D eigenvalue weighted by Gasteiger charge is 1.94. The molecule has 7 heavy (non-hydrogen) atoms. The van der Waals surface area contributed by atoms with E-state index in [1.54, 1.807) is 13.8 Å². The van der Waals surface area contributed by atoms with Crippen molar-refractivity contribution in [3.63, 3.8) is 0 Å². The molecule has 0 saturated carbocycles. The summed E-state index contributed by atoms with van der Waals surface area (Å²) in [4.78, 5) is 10.3. The molecule has 0 atom stereocenters. The Kier molecular flexibility index (Phi) is 3.67. The highest BCUT2D eigenvalue weighted by atomic mass is 16.1. The topological polar surface area (TPSA) is 17.1 Å². The third-order valence-electron chi connectivity index (χ3n) is 0.704. The van der Waals surface area contributed by atoms with Gasteiger partial charge in [-0.3, -0.25) is 4.79 Å². The first-order chi connectivity index (χ1) is 2.94. The Morgan fingerprint density at radius 3 is 1.86 bits per heavy atom. The van der Waals surface area contributed by atoms with Crippen LogP contribution in [0.15, 0.2) is 0 Å². The van der Waals surface area contributed by atoms with Gasteiger partial charge in [-0.2, -0.15) is 0 Å². The molecule has 1 heteroatoms. The molecule has 0 saturated heterocycles. The predicted octanol–water partition coefficient (Wildman–Crippen LogP) is 1.87. The third-order valence-corrected chi connectivity index (χ3v) is 0.704. The van der Waals surface area contributed by atoms with E-state index in [-0.39, 0.29) is 13.2 Å². The van der Waals surface area contributed by atoms with Crippen LogP contribution in [0.5, 0.6) is 0 Å². The van der Waals surface area contributed by atoms with Gasteiger partial charge >= 0.3 is 0 Å². The second-order valence-corrected chi connectivity index (χ2v) is 1.56. The van der Waals surface area contributed by atoms with E-state index in [0.717, 1.165) is 0 Å². The molecule has 1 nitrogen and oxygen atoms in total. The molecule has 0 radical (unpaired) electrons. The van der Waals surface area contributed by atoms with Crippen LogP contribution in [0, 0.1) is 5.89 Å². The van der Waals surface area contributed by atoms with Crippen molar-refractivity contribution < 1.29 is 6.17 Å². The zero-order valence-electron chi connectivity index (χ0n) is 5.41. The van der Waals surface area contributed by atoms with Gasteiger partial charge in [0.2, 0.25) is 0 Å². The van der Waals surface area contributed by atoms with Crippen LogP contribution in [0.25, 0.3) is 0 Å². The molecule has 0 fully saturated rings. The first-order valence-electron chi connectivity index (χ1n) is 2.45. The van der Waals surface area contributed by atoms with E-state index in [0.29, 0.717) is 0 Å². The number of rotatable bonds is 1. The van der Waals surface area contributed by atoms with Gasteiger partial charge in [-0.1, -0.05) is 21.3 Å². The van der Waals surface area contributed by atoms with Gasteiger partial charge in [0.25, 0.3) is 0 Å². The highest BCUT2D eigenvalue weighted by molar-refractivity contribution is 5.77. The van der Waals surface area contributed by atoms with Crippen LogP contribution in [0.1, 0.15) is 29.6 Å². The van der Waals surface area contributed by atoms with E-state index in [2.05, 4.69) is 0 Å². The van der Waals surface area contributed by atoms with Crippen molar-refractivity contribution in [3.8, 4) is 0 Å². The monoisotopic (exact) mass is 103 g/mol. The first kappa shape index (κ1) is 6.67. The molecule has 0 unspecified atom stereocenters. The predicted molar refractivity (Wildman–Crippen MR) is 32.2 cm³/mol. The lowest BCUT2D eigenvalue weighted by atomic mass is 10.1. The zero-order chi connectivity index (χ0) is 6.08. The summed E-state index contributed by atoms with van der Waals surface area (Å²) >= 11 is 0. The van der Waals surface area contributed by atoms with Crippen LogP contribution < -0.4 is 0 Å². The van der Waals surface area contributed by atoms with E-state index < -0.39 is 5.89 Å². The standard InChI is InChI=1S/C5H10O.CH4/c1-4(2)5(3)6;/h4H,1-3H3;1H4/i4D;. The lowest BCUT2D eigenvalue weighted by Crippen LogP contribution is -1.98. The fourth-order valence-electron chi connectivity index (χ4n) is 0. The Hall–Kier alpha value is -0.330. The molecule has 0 aliphatic rings. The van der Waals surface area contributed by atoms with E-state index in [1.165, 1.54) is 6.92 Å². The lowest BCUT2D eigenvalue weighted by Gasteiger charge is -1.90. The number of ketones is 1. The molecule has 0 N–H and O–H groups in total. The lowest BCUT2D eigenvalue weighted by molar-refractivity contribution is -0.119. The summed E-state index contributed by atoms with van der Waals surface area (Å²) < 4.78 is 7.04. The summed E-state index contributed by atoms with van der Waals surface area (Å²) in [5.41, 5.74) is 0. The number of carbonyl (C=O) groups is 1. The van der Waals surface area contributed by atoms with Crippen molar-refractivity contribution in [2.24, 2.45) is 5.89 Å². The van der Waals surface area contributed by atoms with E-state index in [9.17, 15) is 4.79 Å². The molecule has 44 valence electrons.